The van der Waals surface area contributed by atoms with Gasteiger partial charge in [0.2, 0.25) is 11.8 Å². The maximum absolute atomic E-state index is 11.2. The van der Waals surface area contributed by atoms with Crippen molar-refractivity contribution in [2.45, 2.75) is 6.54 Å². The molecule has 0 fully saturated rings. The van der Waals surface area contributed by atoms with E-state index in [2.05, 4.69) is 5.10 Å². The van der Waals surface area contributed by atoms with Gasteiger partial charge in [0.15, 0.2) is 0 Å². The molecular weight excluding hydrogens is 440 g/mol. The predicted molar refractivity (Wildman–Crippen MR) is 124 cm³/mol. The Hall–Kier alpha value is -4.60. The molecule has 4 rings (SSSR count). The van der Waals surface area contributed by atoms with Gasteiger partial charge >= 0.3 is 0 Å². The van der Waals surface area contributed by atoms with Crippen LogP contribution in [-0.4, -0.2) is 40.9 Å². The Bertz CT molecular complexity index is 1330. The van der Waals surface area contributed by atoms with Gasteiger partial charge in [-0.05, 0) is 48.0 Å². The molecule has 174 valence electrons. The van der Waals surface area contributed by atoms with Crippen molar-refractivity contribution in [3.63, 3.8) is 0 Å². The number of amides is 1. The Kier molecular flexibility index (Phi) is 6.58. The second-order valence-electron chi connectivity index (χ2n) is 7.36. The Morgan fingerprint density at radius 1 is 1.03 bits per heavy atom. The van der Waals surface area contributed by atoms with E-state index in [0.29, 0.717) is 29.5 Å². The fourth-order valence-electron chi connectivity index (χ4n) is 3.44. The van der Waals surface area contributed by atoms with Crippen LogP contribution in [0.15, 0.2) is 66.7 Å². The zero-order chi connectivity index (χ0) is 24.1. The molecule has 34 heavy (non-hydrogen) atoms. The summed E-state index contributed by atoms with van der Waals surface area (Å²) in [6.07, 6.45) is 0. The maximum Gasteiger partial charge on any atom is 0.269 e. The van der Waals surface area contributed by atoms with Crippen LogP contribution in [0.3, 0.4) is 0 Å². The van der Waals surface area contributed by atoms with E-state index in [1.807, 2.05) is 24.3 Å². The minimum Gasteiger partial charge on any atom is -0.497 e. The fourth-order valence-corrected chi connectivity index (χ4v) is 3.44. The SMILES string of the molecule is COc1ccc2c(c1)c(OCCOc1ccc(C(N)=O)cc1)nn2Cc1cccc([N+](=O)[O-])c1. The van der Waals surface area contributed by atoms with Crippen LogP contribution >= 0.6 is 0 Å². The molecule has 10 heteroatoms. The lowest BCUT2D eigenvalue weighted by Crippen LogP contribution is -2.11. The van der Waals surface area contributed by atoms with Crippen molar-refractivity contribution in [3.05, 3.63) is 88.0 Å². The second kappa shape index (κ2) is 9.90. The molecule has 10 nitrogen and oxygen atoms in total. The molecule has 0 spiro atoms. The molecule has 0 aliphatic carbocycles. The van der Waals surface area contributed by atoms with E-state index in [1.54, 1.807) is 42.1 Å². The van der Waals surface area contributed by atoms with Crippen molar-refractivity contribution in [1.29, 1.82) is 0 Å². The number of hydrogen-bond acceptors (Lipinski definition) is 7. The minimum atomic E-state index is -0.502. The van der Waals surface area contributed by atoms with Gasteiger partial charge in [0.05, 0.1) is 29.5 Å². The van der Waals surface area contributed by atoms with Crippen molar-refractivity contribution in [1.82, 2.24) is 9.78 Å². The van der Waals surface area contributed by atoms with Crippen LogP contribution in [0.4, 0.5) is 5.69 Å². The average molecular weight is 462 g/mol. The zero-order valence-corrected chi connectivity index (χ0v) is 18.3. The number of carbonyl (C=O) groups excluding carboxylic acids is 1. The predicted octanol–water partition coefficient (Wildman–Crippen LogP) is 3.56. The molecule has 3 aromatic carbocycles. The van der Waals surface area contributed by atoms with E-state index in [1.165, 1.54) is 12.1 Å². The normalized spacial score (nSPS) is 10.7. The molecule has 0 bridgehead atoms. The number of aromatic nitrogens is 2. The first-order valence-corrected chi connectivity index (χ1v) is 10.4. The number of nitrogens with zero attached hydrogens (tertiary/aromatic N) is 3. The van der Waals surface area contributed by atoms with Crippen molar-refractivity contribution >= 4 is 22.5 Å². The van der Waals surface area contributed by atoms with E-state index < -0.39 is 10.8 Å². The first-order chi connectivity index (χ1) is 16.4. The number of carbonyl (C=O) groups is 1. The Balaban J connectivity index is 1.49. The number of methoxy groups -OCH3 is 1. The number of nitro groups is 1. The second-order valence-corrected chi connectivity index (χ2v) is 7.36. The summed E-state index contributed by atoms with van der Waals surface area (Å²) in [5, 5.41) is 16.4. The smallest absolute Gasteiger partial charge is 0.269 e. The highest BCUT2D eigenvalue weighted by Crippen LogP contribution is 2.30. The average Bonchev–Trinajstić information content (AvgIpc) is 3.18. The zero-order valence-electron chi connectivity index (χ0n) is 18.3. The molecule has 4 aromatic rings. The van der Waals surface area contributed by atoms with Gasteiger partial charge in [-0.2, -0.15) is 0 Å². The summed E-state index contributed by atoms with van der Waals surface area (Å²) in [4.78, 5) is 21.8. The lowest BCUT2D eigenvalue weighted by Gasteiger charge is -2.07. The topological polar surface area (TPSA) is 132 Å². The first-order valence-electron chi connectivity index (χ1n) is 10.4. The number of nitrogens with two attached hydrogens (primary N) is 1. The van der Waals surface area contributed by atoms with Gasteiger partial charge in [0, 0.05) is 17.7 Å². The quantitative estimate of drug-likeness (QED) is 0.216. The van der Waals surface area contributed by atoms with Gasteiger partial charge in [0.25, 0.3) is 5.69 Å². The molecular formula is C24H22N4O6. The lowest BCUT2D eigenvalue weighted by atomic mass is 10.2. The highest BCUT2D eigenvalue weighted by Gasteiger charge is 2.15. The number of ether oxygens (including phenoxy) is 3. The van der Waals surface area contributed by atoms with Crippen LogP contribution in [0.1, 0.15) is 15.9 Å². The monoisotopic (exact) mass is 462 g/mol. The van der Waals surface area contributed by atoms with Gasteiger partial charge in [-0.15, -0.1) is 5.10 Å². The first kappa shape index (κ1) is 22.6. The number of primary amides is 1. The van der Waals surface area contributed by atoms with Crippen molar-refractivity contribution in [3.8, 4) is 17.4 Å². The number of non-ortho nitro benzene ring substituents is 1. The minimum absolute atomic E-state index is 0.0214. The van der Waals surface area contributed by atoms with E-state index in [-0.39, 0.29) is 18.9 Å². The van der Waals surface area contributed by atoms with E-state index in [0.717, 1.165) is 16.5 Å². The molecule has 0 unspecified atom stereocenters. The summed E-state index contributed by atoms with van der Waals surface area (Å²) >= 11 is 0. The molecule has 1 amide bonds. The summed E-state index contributed by atoms with van der Waals surface area (Å²) in [7, 11) is 1.58. The molecule has 0 aliphatic heterocycles. The third kappa shape index (κ3) is 5.07. The molecule has 0 saturated heterocycles. The number of fused-ring (bicyclic) bond motifs is 1. The summed E-state index contributed by atoms with van der Waals surface area (Å²) in [6.45, 7) is 0.799. The summed E-state index contributed by atoms with van der Waals surface area (Å²) in [5.74, 6) is 1.12. The number of hydrogen-bond donors (Lipinski definition) is 1. The van der Waals surface area contributed by atoms with Crippen molar-refractivity contribution < 1.29 is 23.9 Å². The summed E-state index contributed by atoms with van der Waals surface area (Å²) in [5.41, 5.74) is 7.20. The fraction of sp³-hybridized carbons (Fsp3) is 0.167. The van der Waals surface area contributed by atoms with Crippen molar-refractivity contribution in [2.75, 3.05) is 20.3 Å². The van der Waals surface area contributed by atoms with E-state index in [9.17, 15) is 14.9 Å². The van der Waals surface area contributed by atoms with Crippen LogP contribution in [0.25, 0.3) is 10.9 Å². The lowest BCUT2D eigenvalue weighted by molar-refractivity contribution is -0.384. The van der Waals surface area contributed by atoms with Crippen molar-refractivity contribution in [2.24, 2.45) is 5.73 Å². The maximum atomic E-state index is 11.2. The van der Waals surface area contributed by atoms with Gasteiger partial charge in [0.1, 0.15) is 24.7 Å². The Labute approximate surface area is 194 Å². The highest BCUT2D eigenvalue weighted by molar-refractivity contribution is 5.92. The van der Waals surface area contributed by atoms with Crippen LogP contribution in [-0.2, 0) is 6.54 Å². The molecule has 2 N–H and O–H groups in total. The molecule has 1 aromatic heterocycles. The van der Waals surface area contributed by atoms with Gasteiger partial charge in [-0.1, -0.05) is 12.1 Å². The number of benzene rings is 3. The largest absolute Gasteiger partial charge is 0.497 e. The van der Waals surface area contributed by atoms with Crippen LogP contribution in [0.2, 0.25) is 0 Å². The number of rotatable bonds is 10. The number of nitro benzene ring substituents is 1. The molecule has 0 saturated carbocycles. The Morgan fingerprint density at radius 2 is 1.76 bits per heavy atom. The molecule has 0 atom stereocenters. The summed E-state index contributed by atoms with van der Waals surface area (Å²) in [6, 6.07) is 18.4. The van der Waals surface area contributed by atoms with Gasteiger partial charge in [-0.3, -0.25) is 19.6 Å². The van der Waals surface area contributed by atoms with Crippen LogP contribution in [0.5, 0.6) is 17.4 Å². The van der Waals surface area contributed by atoms with Crippen LogP contribution in [0, 0.1) is 10.1 Å². The van der Waals surface area contributed by atoms with Crippen LogP contribution < -0.4 is 19.9 Å². The third-order valence-corrected chi connectivity index (χ3v) is 5.11. The molecule has 1 heterocycles. The highest BCUT2D eigenvalue weighted by atomic mass is 16.6. The van der Waals surface area contributed by atoms with E-state index in [4.69, 9.17) is 19.9 Å². The van der Waals surface area contributed by atoms with Gasteiger partial charge in [-0.25, -0.2) is 0 Å². The summed E-state index contributed by atoms with van der Waals surface area (Å²) < 4.78 is 18.6. The standard InChI is InChI=1S/C24H22N4O6/c1-32-20-9-10-22-21(14-20)24(26-27(22)15-16-3-2-4-18(13-16)28(30)31)34-12-11-33-19-7-5-17(6-8-19)23(25)29/h2-10,13-14H,11-12,15H2,1H3,(H2,25,29). The molecule has 0 radical (unpaired) electrons. The van der Waals surface area contributed by atoms with E-state index >= 15 is 0 Å². The molecule has 0 aliphatic rings. The third-order valence-electron chi connectivity index (χ3n) is 5.11. The Morgan fingerprint density at radius 3 is 2.47 bits per heavy atom. The van der Waals surface area contributed by atoms with Gasteiger partial charge < -0.3 is 19.9 Å².